The quantitative estimate of drug-likeness (QED) is 0.406. The summed E-state index contributed by atoms with van der Waals surface area (Å²) in [5.41, 5.74) is 4.12. The maximum atomic E-state index is 11.6. The van der Waals surface area contributed by atoms with Crippen LogP contribution in [0, 0.1) is 6.92 Å². The van der Waals surface area contributed by atoms with E-state index in [4.69, 9.17) is 4.74 Å². The van der Waals surface area contributed by atoms with Gasteiger partial charge in [-0.3, -0.25) is 4.79 Å². The van der Waals surface area contributed by atoms with Gasteiger partial charge in [-0.05, 0) is 49.6 Å². The first-order valence-corrected chi connectivity index (χ1v) is 9.72. The fraction of sp³-hybridized carbons (Fsp3) is 0.150. The number of H-pyrrole nitrogens is 1. The molecule has 0 fully saturated rings. The number of aromatic amines is 1. The van der Waals surface area contributed by atoms with Crippen LogP contribution in [0.4, 0.5) is 17.2 Å². The van der Waals surface area contributed by atoms with Crippen molar-refractivity contribution >= 4 is 34.9 Å². The number of carbonyl (C=O) groups excluding carboxylic acids is 1. The molecule has 144 valence electrons. The fourth-order valence-electron chi connectivity index (χ4n) is 2.67. The van der Waals surface area contributed by atoms with Gasteiger partial charge in [-0.1, -0.05) is 18.3 Å². The van der Waals surface area contributed by atoms with Crippen LogP contribution in [-0.2, 0) is 4.79 Å². The summed E-state index contributed by atoms with van der Waals surface area (Å²) in [5, 5.41) is 6.85. The van der Waals surface area contributed by atoms with Crippen molar-refractivity contribution in [3.63, 3.8) is 0 Å². The van der Waals surface area contributed by atoms with Gasteiger partial charge >= 0.3 is 0 Å². The molecular weight excluding hydrogens is 374 g/mol. The van der Waals surface area contributed by atoms with Crippen molar-refractivity contribution in [2.45, 2.75) is 12.1 Å². The maximum Gasteiger partial charge on any atom is 0.247 e. The van der Waals surface area contributed by atoms with Gasteiger partial charge in [0.1, 0.15) is 11.6 Å². The number of imidazole rings is 1. The van der Waals surface area contributed by atoms with Crippen LogP contribution in [0.2, 0.25) is 0 Å². The first kappa shape index (κ1) is 19.5. The Hall–Kier alpha value is -3.26. The molecule has 0 aliphatic rings. The van der Waals surface area contributed by atoms with Gasteiger partial charge in [-0.15, -0.1) is 0 Å². The van der Waals surface area contributed by atoms with Gasteiger partial charge in [0.15, 0.2) is 5.16 Å². The normalized spacial score (nSPS) is 10.4. The minimum absolute atomic E-state index is 0.283. The van der Waals surface area contributed by atoms with Crippen LogP contribution in [0.3, 0.4) is 0 Å². The monoisotopic (exact) mass is 395 g/mol. The molecule has 2 aromatic heterocycles. The van der Waals surface area contributed by atoms with Crippen LogP contribution in [-0.4, -0.2) is 34.2 Å². The van der Waals surface area contributed by atoms with Crippen LogP contribution >= 0.6 is 11.8 Å². The molecular formula is C20H21N5O2S. The number of aromatic nitrogens is 3. The molecule has 1 aromatic carbocycles. The molecule has 0 radical (unpaired) electrons. The van der Waals surface area contributed by atoms with Gasteiger partial charge in [-0.25, -0.2) is 9.97 Å². The molecule has 7 nitrogen and oxygen atoms in total. The van der Waals surface area contributed by atoms with Crippen LogP contribution in [0.25, 0.3) is 11.3 Å². The largest absolute Gasteiger partial charge is 0.495 e. The second-order valence-electron chi connectivity index (χ2n) is 5.88. The van der Waals surface area contributed by atoms with E-state index in [2.05, 4.69) is 32.2 Å². The molecule has 1 amide bonds. The molecule has 3 N–H and O–H groups in total. The van der Waals surface area contributed by atoms with Crippen molar-refractivity contribution in [2.24, 2.45) is 0 Å². The predicted octanol–water partition coefficient (Wildman–Crippen LogP) is 4.38. The molecule has 0 saturated carbocycles. The lowest BCUT2D eigenvalue weighted by molar-refractivity contribution is -0.111. The van der Waals surface area contributed by atoms with Crippen molar-refractivity contribution in [1.29, 1.82) is 0 Å². The third-order valence-electron chi connectivity index (χ3n) is 4.00. The summed E-state index contributed by atoms with van der Waals surface area (Å²) in [4.78, 5) is 23.8. The van der Waals surface area contributed by atoms with Crippen molar-refractivity contribution in [3.05, 3.63) is 54.9 Å². The molecule has 2 heterocycles. The van der Waals surface area contributed by atoms with E-state index in [0.29, 0.717) is 22.9 Å². The van der Waals surface area contributed by atoms with Gasteiger partial charge in [0.2, 0.25) is 5.91 Å². The number of aryl methyl sites for hydroxylation is 1. The number of benzene rings is 1. The summed E-state index contributed by atoms with van der Waals surface area (Å²) >= 11 is 1.56. The summed E-state index contributed by atoms with van der Waals surface area (Å²) < 4.78 is 5.41. The number of nitrogens with zero attached hydrogens (tertiary/aromatic N) is 2. The van der Waals surface area contributed by atoms with Crippen LogP contribution in [0.5, 0.6) is 5.75 Å². The highest BCUT2D eigenvalue weighted by atomic mass is 32.2. The van der Waals surface area contributed by atoms with Crippen molar-refractivity contribution in [2.75, 3.05) is 24.0 Å². The topological polar surface area (TPSA) is 91.9 Å². The first-order chi connectivity index (χ1) is 13.5. The average molecular weight is 395 g/mol. The van der Waals surface area contributed by atoms with Crippen molar-refractivity contribution < 1.29 is 9.53 Å². The van der Waals surface area contributed by atoms with E-state index < -0.39 is 0 Å². The van der Waals surface area contributed by atoms with E-state index in [1.807, 2.05) is 25.3 Å². The number of hydrogen-bond donors (Lipinski definition) is 3. The standard InChI is InChI=1S/C20H21N5O2S/c1-5-18(26)23-14-6-7-16(27-3)15(11-14)24-17-10-13(8-9-21-17)19-12(2)22-20(25-19)28-4/h5-11H,1H2,2-4H3,(H,21,24)(H,22,25)(H,23,26). The molecule has 0 aliphatic heterocycles. The van der Waals surface area contributed by atoms with Gasteiger partial charge in [-0.2, -0.15) is 0 Å². The first-order valence-electron chi connectivity index (χ1n) is 8.49. The zero-order valence-corrected chi connectivity index (χ0v) is 16.7. The number of ether oxygens (including phenoxy) is 1. The van der Waals surface area contributed by atoms with Crippen molar-refractivity contribution in [3.8, 4) is 17.0 Å². The Kier molecular flexibility index (Phi) is 6.00. The molecule has 0 atom stereocenters. The van der Waals surface area contributed by atoms with Gasteiger partial charge in [0.05, 0.1) is 18.5 Å². The Balaban J connectivity index is 1.91. The Morgan fingerprint density at radius 3 is 2.82 bits per heavy atom. The molecule has 8 heteroatoms. The minimum atomic E-state index is -0.283. The number of anilines is 3. The summed E-state index contributed by atoms with van der Waals surface area (Å²) in [7, 11) is 1.59. The highest BCUT2D eigenvalue weighted by Crippen LogP contribution is 2.32. The fourth-order valence-corrected chi connectivity index (χ4v) is 3.11. The molecule has 3 aromatic rings. The van der Waals surface area contributed by atoms with Crippen LogP contribution in [0.1, 0.15) is 5.69 Å². The Bertz CT molecular complexity index is 1020. The SMILES string of the molecule is C=CC(=O)Nc1ccc(OC)c(Nc2cc(-c3nc(SC)[nH]c3C)ccn2)c1. The molecule has 0 aliphatic carbocycles. The van der Waals surface area contributed by atoms with E-state index in [1.54, 1.807) is 43.3 Å². The lowest BCUT2D eigenvalue weighted by Crippen LogP contribution is -2.07. The highest BCUT2D eigenvalue weighted by molar-refractivity contribution is 7.98. The Morgan fingerprint density at radius 2 is 2.14 bits per heavy atom. The summed E-state index contributed by atoms with van der Waals surface area (Å²) in [6, 6.07) is 9.14. The zero-order valence-electron chi connectivity index (χ0n) is 15.9. The maximum absolute atomic E-state index is 11.6. The molecule has 0 saturated heterocycles. The van der Waals surface area contributed by atoms with Gasteiger partial charge < -0.3 is 20.4 Å². The Labute approximate surface area is 167 Å². The number of pyridine rings is 1. The number of methoxy groups -OCH3 is 1. The van der Waals surface area contributed by atoms with Crippen molar-refractivity contribution in [1.82, 2.24) is 15.0 Å². The van der Waals surface area contributed by atoms with Crippen LogP contribution < -0.4 is 15.4 Å². The number of nitrogens with one attached hydrogen (secondary N) is 3. The lowest BCUT2D eigenvalue weighted by Gasteiger charge is -2.13. The third-order valence-corrected chi connectivity index (χ3v) is 4.58. The molecule has 0 unspecified atom stereocenters. The third kappa shape index (κ3) is 4.34. The van der Waals surface area contributed by atoms with Gasteiger partial charge in [0.25, 0.3) is 0 Å². The minimum Gasteiger partial charge on any atom is -0.495 e. The lowest BCUT2D eigenvalue weighted by atomic mass is 10.1. The molecule has 3 rings (SSSR count). The van der Waals surface area contributed by atoms with E-state index in [-0.39, 0.29) is 5.91 Å². The smallest absolute Gasteiger partial charge is 0.247 e. The summed E-state index contributed by atoms with van der Waals surface area (Å²) in [6.45, 7) is 5.45. The second-order valence-corrected chi connectivity index (χ2v) is 6.68. The number of thioether (sulfide) groups is 1. The van der Waals surface area contributed by atoms with E-state index in [0.717, 1.165) is 22.1 Å². The average Bonchev–Trinajstić information content (AvgIpc) is 3.09. The number of rotatable bonds is 7. The number of amides is 1. The summed E-state index contributed by atoms with van der Waals surface area (Å²) in [5.74, 6) is 0.982. The second kappa shape index (κ2) is 8.62. The van der Waals surface area contributed by atoms with Gasteiger partial charge in [0, 0.05) is 23.1 Å². The molecule has 28 heavy (non-hydrogen) atoms. The predicted molar refractivity (Wildman–Crippen MR) is 113 cm³/mol. The number of hydrogen-bond acceptors (Lipinski definition) is 6. The summed E-state index contributed by atoms with van der Waals surface area (Å²) in [6.07, 6.45) is 4.92. The van der Waals surface area contributed by atoms with E-state index >= 15 is 0 Å². The van der Waals surface area contributed by atoms with E-state index in [1.165, 1.54) is 6.08 Å². The zero-order chi connectivity index (χ0) is 20.1. The van der Waals surface area contributed by atoms with E-state index in [9.17, 15) is 4.79 Å². The molecule has 0 bridgehead atoms. The molecule has 0 spiro atoms. The van der Waals surface area contributed by atoms with Crippen LogP contribution in [0.15, 0.2) is 54.3 Å². The number of carbonyl (C=O) groups is 1. The highest BCUT2D eigenvalue weighted by Gasteiger charge is 2.11. The Morgan fingerprint density at radius 1 is 1.32 bits per heavy atom.